The number of rotatable bonds is 1. The van der Waals surface area contributed by atoms with E-state index in [0.29, 0.717) is 26.1 Å². The Balaban J connectivity index is 1.99. The summed E-state index contributed by atoms with van der Waals surface area (Å²) in [5.41, 5.74) is 5.56. The topological polar surface area (TPSA) is 66.6 Å². The van der Waals surface area contributed by atoms with Gasteiger partial charge >= 0.3 is 0 Å². The number of nitrogens with two attached hydrogens (primary N) is 1. The van der Waals surface area contributed by atoms with Crippen LogP contribution in [-0.4, -0.2) is 53.3 Å². The van der Waals surface area contributed by atoms with Gasteiger partial charge in [-0.25, -0.2) is 0 Å². The van der Waals surface area contributed by atoms with Crippen LogP contribution in [0.4, 0.5) is 0 Å². The predicted molar refractivity (Wildman–Crippen MR) is 55.0 cm³/mol. The number of carbonyl (C=O) groups is 2. The highest BCUT2D eigenvalue weighted by Gasteiger charge is 2.37. The molecule has 2 N–H and O–H groups in total. The predicted octanol–water partition coefficient (Wildman–Crippen LogP) is -0.833. The molecule has 0 aromatic rings. The van der Waals surface area contributed by atoms with Crippen molar-refractivity contribution < 1.29 is 9.59 Å². The minimum atomic E-state index is -0.436. The number of hydrogen-bond donors (Lipinski definition) is 1. The number of carbonyl (C=O) groups excluding carboxylic acids is 2. The van der Waals surface area contributed by atoms with E-state index in [1.165, 1.54) is 0 Å². The third-order valence-electron chi connectivity index (χ3n) is 3.20. The first-order valence-electron chi connectivity index (χ1n) is 5.43. The Hall–Kier alpha value is -1.10. The van der Waals surface area contributed by atoms with Crippen molar-refractivity contribution in [3.63, 3.8) is 0 Å². The lowest BCUT2D eigenvalue weighted by Crippen LogP contribution is -2.55. The van der Waals surface area contributed by atoms with E-state index in [4.69, 9.17) is 5.73 Å². The lowest BCUT2D eigenvalue weighted by molar-refractivity contribution is -0.139. The number of amides is 2. The zero-order valence-corrected chi connectivity index (χ0v) is 8.98. The summed E-state index contributed by atoms with van der Waals surface area (Å²) in [6, 6.07) is -0.206. The molecule has 1 unspecified atom stereocenters. The fraction of sp³-hybridized carbons (Fsp3) is 0.800. The molecule has 2 atom stereocenters. The van der Waals surface area contributed by atoms with Crippen molar-refractivity contribution in [1.82, 2.24) is 9.80 Å². The standard InChI is InChI=1S/C10H17N3O2/c1-7(11)10(15)12-4-5-13-8(6-12)2-3-9(13)14/h7-8H,2-6,11H2,1H3/t7-,8?/m0/s1. The van der Waals surface area contributed by atoms with Crippen molar-refractivity contribution in [2.75, 3.05) is 19.6 Å². The van der Waals surface area contributed by atoms with Crippen LogP contribution in [0.5, 0.6) is 0 Å². The van der Waals surface area contributed by atoms with Gasteiger partial charge in [0.25, 0.3) is 0 Å². The van der Waals surface area contributed by atoms with Crippen LogP contribution in [0, 0.1) is 0 Å². The van der Waals surface area contributed by atoms with Gasteiger partial charge in [0.1, 0.15) is 0 Å². The molecule has 5 nitrogen and oxygen atoms in total. The number of fused-ring (bicyclic) bond motifs is 1. The highest BCUT2D eigenvalue weighted by molar-refractivity contribution is 5.83. The maximum absolute atomic E-state index is 11.7. The highest BCUT2D eigenvalue weighted by Crippen LogP contribution is 2.22. The maximum Gasteiger partial charge on any atom is 0.239 e. The third kappa shape index (κ3) is 1.84. The lowest BCUT2D eigenvalue weighted by atomic mass is 10.1. The molecule has 2 aliphatic heterocycles. The van der Waals surface area contributed by atoms with Crippen molar-refractivity contribution in [3.8, 4) is 0 Å². The van der Waals surface area contributed by atoms with Crippen LogP contribution in [0.2, 0.25) is 0 Å². The van der Waals surface area contributed by atoms with Gasteiger partial charge in [0.2, 0.25) is 11.8 Å². The van der Waals surface area contributed by atoms with Gasteiger partial charge in [0, 0.05) is 32.1 Å². The quantitative estimate of drug-likeness (QED) is 0.615. The van der Waals surface area contributed by atoms with Crippen LogP contribution in [0.25, 0.3) is 0 Å². The van der Waals surface area contributed by atoms with E-state index in [2.05, 4.69) is 0 Å². The van der Waals surface area contributed by atoms with E-state index < -0.39 is 6.04 Å². The molecule has 0 radical (unpaired) electrons. The Kier molecular flexibility index (Phi) is 2.65. The molecule has 0 aliphatic carbocycles. The Morgan fingerprint density at radius 1 is 1.53 bits per heavy atom. The van der Waals surface area contributed by atoms with Gasteiger partial charge in [0.15, 0.2) is 0 Å². The summed E-state index contributed by atoms with van der Waals surface area (Å²) >= 11 is 0. The molecule has 0 saturated carbocycles. The van der Waals surface area contributed by atoms with Crippen molar-refractivity contribution in [3.05, 3.63) is 0 Å². The van der Waals surface area contributed by atoms with Gasteiger partial charge in [-0.15, -0.1) is 0 Å². The zero-order valence-electron chi connectivity index (χ0n) is 8.98. The van der Waals surface area contributed by atoms with Crippen LogP contribution < -0.4 is 5.73 Å². The average molecular weight is 211 g/mol. The summed E-state index contributed by atoms with van der Waals surface area (Å²) in [7, 11) is 0. The van der Waals surface area contributed by atoms with E-state index in [1.807, 2.05) is 4.90 Å². The van der Waals surface area contributed by atoms with E-state index in [0.717, 1.165) is 6.42 Å². The molecule has 15 heavy (non-hydrogen) atoms. The maximum atomic E-state index is 11.7. The molecule has 0 spiro atoms. The fourth-order valence-electron chi connectivity index (χ4n) is 2.35. The molecule has 5 heteroatoms. The van der Waals surface area contributed by atoms with Gasteiger partial charge in [-0.1, -0.05) is 0 Å². The summed E-state index contributed by atoms with van der Waals surface area (Å²) in [6.45, 7) is 3.66. The molecule has 2 amide bonds. The molecule has 2 fully saturated rings. The van der Waals surface area contributed by atoms with Crippen LogP contribution in [0.3, 0.4) is 0 Å². The number of piperazine rings is 1. The second-order valence-electron chi connectivity index (χ2n) is 4.35. The summed E-state index contributed by atoms with van der Waals surface area (Å²) in [6.07, 6.45) is 1.51. The van der Waals surface area contributed by atoms with Crippen molar-refractivity contribution in [2.24, 2.45) is 5.73 Å². The van der Waals surface area contributed by atoms with Gasteiger partial charge in [-0.3, -0.25) is 9.59 Å². The van der Waals surface area contributed by atoms with Crippen molar-refractivity contribution in [2.45, 2.75) is 31.8 Å². The summed E-state index contributed by atoms with van der Waals surface area (Å²) in [5.74, 6) is 0.224. The molecule has 2 saturated heterocycles. The van der Waals surface area contributed by atoms with Crippen LogP contribution in [-0.2, 0) is 9.59 Å². The minimum Gasteiger partial charge on any atom is -0.338 e. The summed E-state index contributed by atoms with van der Waals surface area (Å²) in [4.78, 5) is 26.8. The normalized spacial score (nSPS) is 27.9. The van der Waals surface area contributed by atoms with Gasteiger partial charge in [0.05, 0.1) is 6.04 Å². The van der Waals surface area contributed by atoms with Crippen molar-refractivity contribution in [1.29, 1.82) is 0 Å². The molecule has 2 aliphatic rings. The highest BCUT2D eigenvalue weighted by atomic mass is 16.2. The average Bonchev–Trinajstić information content (AvgIpc) is 2.59. The van der Waals surface area contributed by atoms with Gasteiger partial charge in [-0.2, -0.15) is 0 Å². The van der Waals surface area contributed by atoms with Crippen LogP contribution >= 0.6 is 0 Å². The molecule has 0 bridgehead atoms. The monoisotopic (exact) mass is 211 g/mol. The van der Waals surface area contributed by atoms with Crippen molar-refractivity contribution >= 4 is 11.8 Å². The Bertz CT molecular complexity index is 290. The van der Waals surface area contributed by atoms with Crippen LogP contribution in [0.1, 0.15) is 19.8 Å². The van der Waals surface area contributed by atoms with Crippen LogP contribution in [0.15, 0.2) is 0 Å². The third-order valence-corrected chi connectivity index (χ3v) is 3.20. The fourth-order valence-corrected chi connectivity index (χ4v) is 2.35. The Morgan fingerprint density at radius 2 is 2.27 bits per heavy atom. The first kappa shape index (κ1) is 10.4. The molecule has 84 valence electrons. The number of hydrogen-bond acceptors (Lipinski definition) is 3. The lowest BCUT2D eigenvalue weighted by Gasteiger charge is -2.38. The number of nitrogens with zero attached hydrogens (tertiary/aromatic N) is 2. The minimum absolute atomic E-state index is 0.00556. The van der Waals surface area contributed by atoms with Gasteiger partial charge in [-0.05, 0) is 13.3 Å². The Labute approximate surface area is 89.2 Å². The SMILES string of the molecule is C[C@H](N)C(=O)N1CCN2C(=O)CCC2C1. The zero-order chi connectivity index (χ0) is 11.0. The smallest absolute Gasteiger partial charge is 0.239 e. The largest absolute Gasteiger partial charge is 0.338 e. The summed E-state index contributed by atoms with van der Waals surface area (Å²) in [5, 5.41) is 0. The van der Waals surface area contributed by atoms with E-state index in [-0.39, 0.29) is 17.9 Å². The first-order valence-corrected chi connectivity index (χ1v) is 5.43. The molecule has 0 aromatic carbocycles. The molecular formula is C10H17N3O2. The second kappa shape index (κ2) is 3.81. The van der Waals surface area contributed by atoms with E-state index in [1.54, 1.807) is 11.8 Å². The summed E-state index contributed by atoms with van der Waals surface area (Å²) < 4.78 is 0. The molecule has 0 aromatic heterocycles. The van der Waals surface area contributed by atoms with E-state index >= 15 is 0 Å². The van der Waals surface area contributed by atoms with E-state index in [9.17, 15) is 9.59 Å². The molecule has 2 rings (SSSR count). The van der Waals surface area contributed by atoms with Gasteiger partial charge < -0.3 is 15.5 Å². The first-order chi connectivity index (χ1) is 7.09. The molecule has 2 heterocycles. The Morgan fingerprint density at radius 3 is 2.93 bits per heavy atom. The second-order valence-corrected chi connectivity index (χ2v) is 4.35. The molecular weight excluding hydrogens is 194 g/mol.